The molecule has 10 nitrogen and oxygen atoms in total. The van der Waals surface area contributed by atoms with Gasteiger partial charge in [0, 0.05) is 12.8 Å². The molecule has 0 spiro atoms. The lowest BCUT2D eigenvalue weighted by atomic mass is 9.99. The fourth-order valence-electron chi connectivity index (χ4n) is 7.66. The molecule has 4 N–H and O–H groups in total. The number of hydrogen-bond donors (Lipinski definition) is 4. The van der Waals surface area contributed by atoms with Gasteiger partial charge in [0.15, 0.2) is 12.4 Å². The van der Waals surface area contributed by atoms with Crippen LogP contribution >= 0.6 is 0 Å². The average molecular weight is 815 g/mol. The summed E-state index contributed by atoms with van der Waals surface area (Å²) in [6.45, 7) is 3.43. The van der Waals surface area contributed by atoms with Gasteiger partial charge >= 0.3 is 11.9 Å². The Morgan fingerprint density at radius 2 is 0.825 bits per heavy atom. The summed E-state index contributed by atoms with van der Waals surface area (Å²) >= 11 is 0. The van der Waals surface area contributed by atoms with Gasteiger partial charge in [-0.3, -0.25) is 9.59 Å². The average Bonchev–Trinajstić information content (AvgIpc) is 3.21. The minimum atomic E-state index is -1.59. The number of aliphatic hydroxyl groups excluding tert-OH is 4. The van der Waals surface area contributed by atoms with E-state index in [4.69, 9.17) is 18.9 Å². The minimum absolute atomic E-state index is 0.209. The predicted octanol–water partition coefficient (Wildman–Crippen LogP) is 10.6. The number of unbranched alkanes of at least 4 members (excludes halogenated alkanes) is 30. The van der Waals surface area contributed by atoms with Crippen LogP contribution in [0.1, 0.15) is 232 Å². The van der Waals surface area contributed by atoms with Crippen molar-refractivity contribution in [1.82, 2.24) is 0 Å². The highest BCUT2D eigenvalue weighted by Gasteiger charge is 2.44. The van der Waals surface area contributed by atoms with Crippen LogP contribution in [-0.2, 0) is 28.5 Å². The number of ether oxygens (including phenoxy) is 4. The second-order valence-electron chi connectivity index (χ2n) is 16.9. The molecule has 10 heteroatoms. The molecule has 0 aromatic heterocycles. The molecular formula is C47H90O10. The van der Waals surface area contributed by atoms with Gasteiger partial charge in [0.25, 0.3) is 0 Å². The molecule has 0 saturated carbocycles. The van der Waals surface area contributed by atoms with Crippen LogP contribution in [0.15, 0.2) is 0 Å². The third kappa shape index (κ3) is 30.4. The van der Waals surface area contributed by atoms with Crippen molar-refractivity contribution in [1.29, 1.82) is 0 Å². The number of esters is 2. The fourth-order valence-corrected chi connectivity index (χ4v) is 7.66. The highest BCUT2D eigenvalue weighted by molar-refractivity contribution is 5.70. The molecule has 0 aromatic carbocycles. The lowest BCUT2D eigenvalue weighted by Crippen LogP contribution is -2.59. The van der Waals surface area contributed by atoms with Gasteiger partial charge in [-0.2, -0.15) is 0 Å². The number of carbonyl (C=O) groups excluding carboxylic acids is 2. The SMILES string of the molecule is CCCCCCCCCCCCCCCCCCCCCCCCCC(=O)O[C@H](COC(=O)CCCCCCCCCCC)CO[C@@H]1O[C@H](CO)[C@H](O)C(O)C1O. The maximum atomic E-state index is 12.8. The molecule has 57 heavy (non-hydrogen) atoms. The van der Waals surface area contributed by atoms with Crippen molar-refractivity contribution in [2.45, 2.75) is 269 Å². The third-order valence-corrected chi connectivity index (χ3v) is 11.5. The highest BCUT2D eigenvalue weighted by atomic mass is 16.7. The van der Waals surface area contributed by atoms with Crippen LogP contribution < -0.4 is 0 Å². The van der Waals surface area contributed by atoms with Gasteiger partial charge in [-0.25, -0.2) is 0 Å². The second-order valence-corrected chi connectivity index (χ2v) is 16.9. The van der Waals surface area contributed by atoms with Crippen LogP contribution in [0, 0.1) is 0 Å². The van der Waals surface area contributed by atoms with Crippen molar-refractivity contribution >= 4 is 11.9 Å². The quantitative estimate of drug-likeness (QED) is 0.0347. The molecule has 0 aromatic rings. The normalized spacial score (nSPS) is 20.1. The van der Waals surface area contributed by atoms with E-state index >= 15 is 0 Å². The first-order valence-corrected chi connectivity index (χ1v) is 24.1. The summed E-state index contributed by atoms with van der Waals surface area (Å²) in [5, 5.41) is 40.0. The monoisotopic (exact) mass is 815 g/mol. The van der Waals surface area contributed by atoms with E-state index in [1.54, 1.807) is 0 Å². The summed E-state index contributed by atoms with van der Waals surface area (Å²) in [7, 11) is 0. The van der Waals surface area contributed by atoms with E-state index in [2.05, 4.69) is 13.8 Å². The maximum Gasteiger partial charge on any atom is 0.306 e. The standard InChI is InChI=1S/C47H90O10/c1-3-5-7-9-11-13-14-15-16-17-18-19-20-21-22-23-24-25-26-28-30-32-34-36-43(50)56-40(39-55-47-46(53)45(52)44(51)41(37-48)57-47)38-54-42(49)35-33-31-29-27-12-10-8-6-4-2/h40-41,44-48,51-53H,3-39H2,1-2H3/t40-,41-,44+,45?,46?,47-/m1/s1. The van der Waals surface area contributed by atoms with E-state index in [1.807, 2.05) is 0 Å². The Morgan fingerprint density at radius 1 is 0.474 bits per heavy atom. The van der Waals surface area contributed by atoms with Gasteiger partial charge in [-0.15, -0.1) is 0 Å². The Bertz CT molecular complexity index is 901. The van der Waals surface area contributed by atoms with Gasteiger partial charge in [0.1, 0.15) is 31.0 Å². The summed E-state index contributed by atoms with van der Waals surface area (Å²) < 4.78 is 22.1. The molecule has 338 valence electrons. The first-order chi connectivity index (χ1) is 27.8. The summed E-state index contributed by atoms with van der Waals surface area (Å²) in [4.78, 5) is 25.3. The first kappa shape index (κ1) is 53.7. The molecule has 0 radical (unpaired) electrons. The third-order valence-electron chi connectivity index (χ3n) is 11.5. The van der Waals surface area contributed by atoms with E-state index in [0.29, 0.717) is 6.42 Å². The smallest absolute Gasteiger partial charge is 0.306 e. The largest absolute Gasteiger partial charge is 0.462 e. The molecule has 1 rings (SSSR count). The Kier molecular flexibility index (Phi) is 36.6. The van der Waals surface area contributed by atoms with Crippen LogP contribution in [0.3, 0.4) is 0 Å². The first-order valence-electron chi connectivity index (χ1n) is 24.1. The zero-order valence-corrected chi connectivity index (χ0v) is 36.9. The minimum Gasteiger partial charge on any atom is -0.462 e. The van der Waals surface area contributed by atoms with Gasteiger partial charge in [0.05, 0.1) is 13.2 Å². The van der Waals surface area contributed by atoms with E-state index in [1.165, 1.54) is 167 Å². The zero-order chi connectivity index (χ0) is 41.6. The molecular weight excluding hydrogens is 725 g/mol. The van der Waals surface area contributed by atoms with Crippen LogP contribution in [0.25, 0.3) is 0 Å². The topological polar surface area (TPSA) is 152 Å². The Morgan fingerprint density at radius 3 is 1.19 bits per heavy atom. The van der Waals surface area contributed by atoms with Crippen molar-refractivity contribution < 1.29 is 49.0 Å². The van der Waals surface area contributed by atoms with E-state index in [9.17, 15) is 30.0 Å². The molecule has 0 aliphatic carbocycles. The van der Waals surface area contributed by atoms with E-state index < -0.39 is 49.4 Å². The molecule has 1 fully saturated rings. The van der Waals surface area contributed by atoms with Crippen molar-refractivity contribution in [2.75, 3.05) is 19.8 Å². The summed E-state index contributed by atoms with van der Waals surface area (Å²) in [6.07, 6.45) is 32.7. The van der Waals surface area contributed by atoms with Crippen molar-refractivity contribution in [2.24, 2.45) is 0 Å². The molecule has 0 bridgehead atoms. The van der Waals surface area contributed by atoms with Crippen LogP contribution in [-0.4, -0.2) is 89.0 Å². The molecule has 6 atom stereocenters. The number of rotatable bonds is 41. The Labute approximate surface area is 348 Å². The van der Waals surface area contributed by atoms with E-state index in [-0.39, 0.29) is 32.0 Å². The summed E-state index contributed by atoms with van der Waals surface area (Å²) in [5.41, 5.74) is 0. The highest BCUT2D eigenvalue weighted by Crippen LogP contribution is 2.23. The number of hydrogen-bond acceptors (Lipinski definition) is 10. The van der Waals surface area contributed by atoms with Gasteiger partial charge in [0.2, 0.25) is 0 Å². The zero-order valence-electron chi connectivity index (χ0n) is 36.9. The van der Waals surface area contributed by atoms with Gasteiger partial charge < -0.3 is 39.4 Å². The molecule has 1 aliphatic rings. The van der Waals surface area contributed by atoms with Crippen LogP contribution in [0.5, 0.6) is 0 Å². The fraction of sp³-hybridized carbons (Fsp3) is 0.957. The molecule has 1 aliphatic heterocycles. The van der Waals surface area contributed by atoms with Crippen LogP contribution in [0.2, 0.25) is 0 Å². The maximum absolute atomic E-state index is 12.8. The van der Waals surface area contributed by atoms with Crippen molar-refractivity contribution in [3.05, 3.63) is 0 Å². The van der Waals surface area contributed by atoms with Gasteiger partial charge in [-0.05, 0) is 12.8 Å². The lowest BCUT2D eigenvalue weighted by molar-refractivity contribution is -0.305. The lowest BCUT2D eigenvalue weighted by Gasteiger charge is -2.39. The van der Waals surface area contributed by atoms with Crippen molar-refractivity contribution in [3.8, 4) is 0 Å². The second kappa shape index (κ2) is 38.9. The van der Waals surface area contributed by atoms with Crippen molar-refractivity contribution in [3.63, 3.8) is 0 Å². The summed E-state index contributed by atoms with van der Waals surface area (Å²) in [6, 6.07) is 0. The Balaban J connectivity index is 2.20. The Hall–Kier alpha value is -1.30. The molecule has 0 amide bonds. The molecule has 1 heterocycles. The van der Waals surface area contributed by atoms with E-state index in [0.717, 1.165) is 32.1 Å². The van der Waals surface area contributed by atoms with Crippen LogP contribution in [0.4, 0.5) is 0 Å². The predicted molar refractivity (Wildman–Crippen MR) is 229 cm³/mol. The molecule has 2 unspecified atom stereocenters. The number of carbonyl (C=O) groups is 2. The van der Waals surface area contributed by atoms with Gasteiger partial charge in [-0.1, -0.05) is 206 Å². The molecule has 1 saturated heterocycles. The number of aliphatic hydroxyl groups is 4. The summed E-state index contributed by atoms with van der Waals surface area (Å²) in [5.74, 6) is -0.794.